The number of aliphatic imine (C=N–C) groups is 1. The molecule has 1 fully saturated rings. The van der Waals surface area contributed by atoms with Crippen LogP contribution in [0.4, 0.5) is 0 Å². The van der Waals surface area contributed by atoms with Gasteiger partial charge in [0.15, 0.2) is 17.5 Å². The van der Waals surface area contributed by atoms with Crippen molar-refractivity contribution in [3.63, 3.8) is 0 Å². The van der Waals surface area contributed by atoms with Gasteiger partial charge in [-0.3, -0.25) is 9.89 Å². The second-order valence-electron chi connectivity index (χ2n) is 8.27. The average Bonchev–Trinajstić information content (AvgIpc) is 3.30. The molecule has 2 aliphatic rings. The van der Waals surface area contributed by atoms with Gasteiger partial charge in [-0.05, 0) is 41.8 Å². The number of piperazine rings is 1. The molecule has 7 heteroatoms. The van der Waals surface area contributed by atoms with Crippen LogP contribution in [0.2, 0.25) is 0 Å². The van der Waals surface area contributed by atoms with Gasteiger partial charge in [-0.2, -0.15) is 0 Å². The molecular weight excluding hydrogens is 402 g/mol. The van der Waals surface area contributed by atoms with Crippen LogP contribution < -0.4 is 20.1 Å². The quantitative estimate of drug-likeness (QED) is 0.489. The van der Waals surface area contributed by atoms with Crippen molar-refractivity contribution in [2.75, 3.05) is 53.1 Å². The Morgan fingerprint density at radius 2 is 1.69 bits per heavy atom. The predicted octanol–water partition coefficient (Wildman–Crippen LogP) is 2.46. The molecule has 1 saturated heterocycles. The monoisotopic (exact) mass is 437 g/mol. The Labute approximate surface area is 191 Å². The number of hydrogen-bond acceptors (Lipinski definition) is 5. The first-order chi connectivity index (χ1) is 15.7. The van der Waals surface area contributed by atoms with Gasteiger partial charge in [0.05, 0.1) is 0 Å². The molecule has 0 unspecified atom stereocenters. The van der Waals surface area contributed by atoms with Crippen molar-refractivity contribution in [1.82, 2.24) is 20.4 Å². The van der Waals surface area contributed by atoms with Gasteiger partial charge in [-0.15, -0.1) is 0 Å². The Kier molecular flexibility index (Phi) is 7.85. The lowest BCUT2D eigenvalue weighted by Gasteiger charge is -2.34. The maximum Gasteiger partial charge on any atom is 0.231 e. The number of nitrogens with zero attached hydrogens (tertiary/aromatic N) is 3. The third-order valence-corrected chi connectivity index (χ3v) is 6.24. The van der Waals surface area contributed by atoms with E-state index in [1.165, 1.54) is 16.7 Å². The lowest BCUT2D eigenvalue weighted by atomic mass is 10.1. The topological polar surface area (TPSA) is 61.4 Å². The first-order valence-electron chi connectivity index (χ1n) is 11.6. The van der Waals surface area contributed by atoms with Crippen LogP contribution in [0.3, 0.4) is 0 Å². The first kappa shape index (κ1) is 22.4. The van der Waals surface area contributed by atoms with Crippen molar-refractivity contribution < 1.29 is 9.47 Å². The Balaban J connectivity index is 1.25. The van der Waals surface area contributed by atoms with E-state index in [1.807, 2.05) is 13.1 Å². The van der Waals surface area contributed by atoms with E-state index in [1.54, 1.807) is 0 Å². The minimum atomic E-state index is 0.310. The summed E-state index contributed by atoms with van der Waals surface area (Å²) < 4.78 is 10.9. The summed E-state index contributed by atoms with van der Waals surface area (Å²) in [6.45, 7) is 10.9. The van der Waals surface area contributed by atoms with E-state index in [4.69, 9.17) is 9.47 Å². The van der Waals surface area contributed by atoms with Crippen LogP contribution in [0, 0.1) is 0 Å². The Hall–Kier alpha value is -2.77. The summed E-state index contributed by atoms with van der Waals surface area (Å²) in [5.74, 6) is 2.47. The largest absolute Gasteiger partial charge is 0.454 e. The molecule has 0 aliphatic carbocycles. The normalized spacial score (nSPS) is 16.9. The van der Waals surface area contributed by atoms with Gasteiger partial charge in [0.2, 0.25) is 6.79 Å². The molecule has 2 heterocycles. The molecule has 0 spiro atoms. The van der Waals surface area contributed by atoms with E-state index >= 15 is 0 Å². The van der Waals surface area contributed by atoms with Gasteiger partial charge >= 0.3 is 0 Å². The van der Waals surface area contributed by atoms with Crippen LogP contribution in [-0.4, -0.2) is 68.9 Å². The highest BCUT2D eigenvalue weighted by Gasteiger charge is 2.17. The second kappa shape index (κ2) is 11.2. The van der Waals surface area contributed by atoms with Crippen molar-refractivity contribution >= 4 is 5.96 Å². The Bertz CT molecular complexity index is 909. The molecule has 0 saturated carbocycles. The Morgan fingerprint density at radius 3 is 2.47 bits per heavy atom. The zero-order chi connectivity index (χ0) is 22.2. The highest BCUT2D eigenvalue weighted by molar-refractivity contribution is 5.79. The van der Waals surface area contributed by atoms with Gasteiger partial charge < -0.3 is 25.0 Å². The molecule has 172 valence electrons. The maximum atomic E-state index is 5.47. The van der Waals surface area contributed by atoms with E-state index < -0.39 is 0 Å². The van der Waals surface area contributed by atoms with Crippen molar-refractivity contribution in [2.24, 2.45) is 4.99 Å². The lowest BCUT2D eigenvalue weighted by molar-refractivity contribution is 0.131. The van der Waals surface area contributed by atoms with Crippen LogP contribution in [0.5, 0.6) is 11.5 Å². The summed E-state index contributed by atoms with van der Waals surface area (Å²) in [7, 11) is 1.81. The minimum Gasteiger partial charge on any atom is -0.454 e. The third kappa shape index (κ3) is 5.93. The zero-order valence-electron chi connectivity index (χ0n) is 19.3. The van der Waals surface area contributed by atoms with Gasteiger partial charge in [-0.25, -0.2) is 0 Å². The van der Waals surface area contributed by atoms with Gasteiger partial charge in [0, 0.05) is 52.9 Å². The number of benzene rings is 2. The summed E-state index contributed by atoms with van der Waals surface area (Å²) in [6.07, 6.45) is 0.887. The van der Waals surface area contributed by atoms with Crippen molar-refractivity contribution in [3.8, 4) is 11.5 Å². The molecule has 2 N–H and O–H groups in total. The van der Waals surface area contributed by atoms with Crippen LogP contribution in [0.25, 0.3) is 0 Å². The number of rotatable bonds is 8. The van der Waals surface area contributed by atoms with E-state index in [9.17, 15) is 0 Å². The molecule has 0 atom stereocenters. The summed E-state index contributed by atoms with van der Waals surface area (Å²) in [5.41, 5.74) is 3.93. The van der Waals surface area contributed by atoms with Crippen LogP contribution in [-0.2, 0) is 19.5 Å². The molecule has 4 rings (SSSR count). The highest BCUT2D eigenvalue weighted by atomic mass is 16.7. The van der Waals surface area contributed by atoms with Crippen LogP contribution >= 0.6 is 0 Å². The molecule has 0 radical (unpaired) electrons. The SMILES string of the molecule is CCN1CCN(Cc2ccccc2CNC(=NC)NCCc2ccc3c(c2)OCO3)CC1. The van der Waals surface area contributed by atoms with Crippen LogP contribution in [0.1, 0.15) is 23.6 Å². The smallest absolute Gasteiger partial charge is 0.231 e. The summed E-state index contributed by atoms with van der Waals surface area (Å²) in [5, 5.41) is 6.89. The van der Waals surface area contributed by atoms with Crippen molar-refractivity contribution in [1.29, 1.82) is 0 Å². The van der Waals surface area contributed by atoms with Crippen molar-refractivity contribution in [2.45, 2.75) is 26.4 Å². The minimum absolute atomic E-state index is 0.310. The lowest BCUT2D eigenvalue weighted by Crippen LogP contribution is -2.45. The molecule has 2 aromatic rings. The number of hydrogen-bond donors (Lipinski definition) is 2. The fraction of sp³-hybridized carbons (Fsp3) is 0.480. The first-order valence-corrected chi connectivity index (χ1v) is 11.6. The highest BCUT2D eigenvalue weighted by Crippen LogP contribution is 2.32. The van der Waals surface area contributed by atoms with Crippen LogP contribution in [0.15, 0.2) is 47.5 Å². The van der Waals surface area contributed by atoms with Gasteiger partial charge in [0.25, 0.3) is 0 Å². The maximum absolute atomic E-state index is 5.47. The molecule has 0 bridgehead atoms. The van der Waals surface area contributed by atoms with E-state index in [0.717, 1.165) is 76.2 Å². The van der Waals surface area contributed by atoms with E-state index in [2.05, 4.69) is 68.7 Å². The molecule has 2 aliphatic heterocycles. The molecule has 7 nitrogen and oxygen atoms in total. The summed E-state index contributed by atoms with van der Waals surface area (Å²) in [4.78, 5) is 9.47. The van der Waals surface area contributed by atoms with Gasteiger partial charge in [0.1, 0.15) is 0 Å². The summed E-state index contributed by atoms with van der Waals surface area (Å²) >= 11 is 0. The van der Waals surface area contributed by atoms with E-state index in [0.29, 0.717) is 6.79 Å². The molecule has 0 aromatic heterocycles. The second-order valence-corrected chi connectivity index (χ2v) is 8.27. The van der Waals surface area contributed by atoms with Crippen molar-refractivity contribution in [3.05, 3.63) is 59.2 Å². The number of guanidine groups is 1. The number of fused-ring (bicyclic) bond motifs is 1. The molecule has 0 amide bonds. The fourth-order valence-corrected chi connectivity index (χ4v) is 4.21. The molecule has 32 heavy (non-hydrogen) atoms. The number of likely N-dealkylation sites (N-methyl/N-ethyl adjacent to an activating group) is 1. The van der Waals surface area contributed by atoms with E-state index in [-0.39, 0.29) is 0 Å². The molecule has 2 aromatic carbocycles. The zero-order valence-corrected chi connectivity index (χ0v) is 19.3. The summed E-state index contributed by atoms with van der Waals surface area (Å²) in [6, 6.07) is 14.8. The van der Waals surface area contributed by atoms with Gasteiger partial charge in [-0.1, -0.05) is 37.3 Å². The predicted molar refractivity (Wildman–Crippen MR) is 128 cm³/mol. The Morgan fingerprint density at radius 1 is 0.938 bits per heavy atom. The number of ether oxygens (including phenoxy) is 2. The molecular formula is C25H35N5O2. The third-order valence-electron chi connectivity index (χ3n) is 6.24. The average molecular weight is 438 g/mol. The standard InChI is InChI=1S/C25H35N5O2/c1-3-29-12-14-30(15-13-29)18-22-7-5-4-6-21(22)17-28-25(26-2)27-11-10-20-8-9-23-24(16-20)32-19-31-23/h4-9,16H,3,10-15,17-19H2,1-2H3,(H2,26,27,28). The number of nitrogens with one attached hydrogen (secondary N) is 2. The fourth-order valence-electron chi connectivity index (χ4n) is 4.21.